The van der Waals surface area contributed by atoms with Crippen LogP contribution in [0.3, 0.4) is 0 Å². The molecule has 3 heterocycles. The number of alkyl halides is 3. The summed E-state index contributed by atoms with van der Waals surface area (Å²) in [5, 5.41) is 3.93. The Kier molecular flexibility index (Phi) is 5.89. The summed E-state index contributed by atoms with van der Waals surface area (Å²) in [6.07, 6.45) is 3.05. The van der Waals surface area contributed by atoms with Crippen LogP contribution in [0, 0.1) is 5.92 Å². The van der Waals surface area contributed by atoms with Crippen LogP contribution in [0.5, 0.6) is 5.75 Å². The average molecular weight is 496 g/mol. The van der Waals surface area contributed by atoms with Crippen molar-refractivity contribution in [2.45, 2.75) is 38.5 Å². The molecule has 186 valence electrons. The van der Waals surface area contributed by atoms with Crippen molar-refractivity contribution in [3.8, 4) is 16.9 Å². The molecule has 4 aromatic rings. The second kappa shape index (κ2) is 8.92. The van der Waals surface area contributed by atoms with Crippen molar-refractivity contribution in [1.29, 1.82) is 0 Å². The van der Waals surface area contributed by atoms with Crippen LogP contribution in [-0.2, 0) is 12.7 Å². The van der Waals surface area contributed by atoms with Crippen molar-refractivity contribution in [3.63, 3.8) is 0 Å². The van der Waals surface area contributed by atoms with Crippen LogP contribution in [0.2, 0.25) is 0 Å². The second-order valence-corrected chi connectivity index (χ2v) is 8.77. The highest BCUT2D eigenvalue weighted by Crippen LogP contribution is 2.43. The molecule has 10 heteroatoms. The zero-order valence-corrected chi connectivity index (χ0v) is 19.8. The Morgan fingerprint density at radius 3 is 2.64 bits per heavy atom. The number of pyridine rings is 1. The van der Waals surface area contributed by atoms with E-state index in [0.717, 1.165) is 12.8 Å². The molecule has 0 unspecified atom stereocenters. The van der Waals surface area contributed by atoms with E-state index in [-0.39, 0.29) is 46.1 Å². The number of benzene rings is 1. The monoisotopic (exact) mass is 495 g/mol. The summed E-state index contributed by atoms with van der Waals surface area (Å²) in [6, 6.07) is 6.32. The lowest BCUT2D eigenvalue weighted by Crippen LogP contribution is -2.28. The fourth-order valence-corrected chi connectivity index (χ4v) is 4.52. The van der Waals surface area contributed by atoms with Gasteiger partial charge in [0.1, 0.15) is 5.75 Å². The molecule has 1 aliphatic carbocycles. The minimum atomic E-state index is -4.67. The fraction of sp³-hybridized carbons (Fsp3) is 0.308. The van der Waals surface area contributed by atoms with E-state index in [0.29, 0.717) is 17.0 Å². The van der Waals surface area contributed by atoms with Crippen LogP contribution < -0.4 is 10.3 Å². The van der Waals surface area contributed by atoms with Gasteiger partial charge in [0, 0.05) is 36.1 Å². The van der Waals surface area contributed by atoms with Crippen molar-refractivity contribution in [1.82, 2.24) is 24.3 Å². The Morgan fingerprint density at radius 1 is 1.22 bits per heavy atom. The van der Waals surface area contributed by atoms with Crippen LogP contribution in [0.15, 0.2) is 54.4 Å². The molecule has 0 N–H and O–H groups in total. The molecule has 7 nitrogen and oxygen atoms in total. The Morgan fingerprint density at radius 2 is 2.00 bits per heavy atom. The number of methoxy groups -OCH3 is 1. The van der Waals surface area contributed by atoms with Gasteiger partial charge in [-0.2, -0.15) is 18.3 Å². The van der Waals surface area contributed by atoms with Crippen molar-refractivity contribution in [2.75, 3.05) is 7.11 Å². The minimum absolute atomic E-state index is 0.129. The Bertz CT molecular complexity index is 1520. The van der Waals surface area contributed by atoms with Crippen LogP contribution in [-0.4, -0.2) is 31.4 Å². The highest BCUT2D eigenvalue weighted by molar-refractivity contribution is 5.95. The summed E-state index contributed by atoms with van der Waals surface area (Å²) in [6.45, 7) is 5.73. The largest absolute Gasteiger partial charge is 0.497 e. The summed E-state index contributed by atoms with van der Waals surface area (Å²) in [5.74, 6) is 0.819. The van der Waals surface area contributed by atoms with E-state index in [4.69, 9.17) is 4.74 Å². The molecule has 0 aliphatic heterocycles. The molecule has 0 bridgehead atoms. The van der Waals surface area contributed by atoms with E-state index in [2.05, 4.69) is 21.6 Å². The lowest BCUT2D eigenvalue weighted by molar-refractivity contribution is -0.141. The number of rotatable bonds is 7. The third-order valence-corrected chi connectivity index (χ3v) is 6.45. The van der Waals surface area contributed by atoms with E-state index < -0.39 is 11.9 Å². The second-order valence-electron chi connectivity index (χ2n) is 8.77. The molecular weight excluding hydrogens is 471 g/mol. The number of aryl methyl sites for hydroxylation is 1. The molecule has 1 fully saturated rings. The van der Waals surface area contributed by atoms with Crippen molar-refractivity contribution in [3.05, 3.63) is 76.9 Å². The molecule has 1 aromatic carbocycles. The minimum Gasteiger partial charge on any atom is -0.497 e. The first kappa shape index (κ1) is 23.8. The zero-order valence-electron chi connectivity index (χ0n) is 19.8. The average Bonchev–Trinajstić information content (AvgIpc) is 3.60. The predicted octanol–water partition coefficient (Wildman–Crippen LogP) is 5.34. The number of fused-ring (bicyclic) bond motifs is 1. The molecular formula is C26H24F3N5O2. The summed E-state index contributed by atoms with van der Waals surface area (Å²) in [4.78, 5) is 22.8. The number of hydrogen-bond donors (Lipinski definition) is 0. The lowest BCUT2D eigenvalue weighted by atomic mass is 9.99. The van der Waals surface area contributed by atoms with Gasteiger partial charge in [-0.1, -0.05) is 12.7 Å². The third-order valence-electron chi connectivity index (χ3n) is 6.45. The first-order valence-corrected chi connectivity index (χ1v) is 11.6. The first-order valence-electron chi connectivity index (χ1n) is 11.6. The SMILES string of the molecule is C=Cc1cc(-c2cn(CC)nc2C(F)(F)F)c2ncn([C@H](c3cc(OC)ccn3)C3CC3)c(=O)c2c1. The van der Waals surface area contributed by atoms with Gasteiger partial charge in [0.25, 0.3) is 5.56 Å². The van der Waals surface area contributed by atoms with Gasteiger partial charge in [-0.05, 0) is 49.4 Å². The molecule has 0 saturated heterocycles. The fourth-order valence-electron chi connectivity index (χ4n) is 4.52. The van der Waals surface area contributed by atoms with Gasteiger partial charge in [0.15, 0.2) is 5.69 Å². The normalized spacial score (nSPS) is 14.7. The van der Waals surface area contributed by atoms with Crippen LogP contribution in [0.4, 0.5) is 13.2 Å². The topological polar surface area (TPSA) is 74.8 Å². The summed E-state index contributed by atoms with van der Waals surface area (Å²) in [5.41, 5.74) is 0.0307. The van der Waals surface area contributed by atoms with Crippen molar-refractivity contribution in [2.24, 2.45) is 5.92 Å². The molecule has 0 radical (unpaired) electrons. The molecule has 1 atom stereocenters. The van der Waals surface area contributed by atoms with Crippen LogP contribution >= 0.6 is 0 Å². The molecule has 0 amide bonds. The maximum absolute atomic E-state index is 13.9. The van der Waals surface area contributed by atoms with Crippen LogP contribution in [0.25, 0.3) is 28.1 Å². The smallest absolute Gasteiger partial charge is 0.435 e. The summed E-state index contributed by atoms with van der Waals surface area (Å²) < 4.78 is 49.7. The van der Waals surface area contributed by atoms with Crippen molar-refractivity contribution >= 4 is 17.0 Å². The number of nitrogens with zero attached hydrogens (tertiary/aromatic N) is 5. The summed E-state index contributed by atoms with van der Waals surface area (Å²) >= 11 is 0. The third kappa shape index (κ3) is 4.16. The maximum atomic E-state index is 13.9. The van der Waals surface area contributed by atoms with E-state index in [9.17, 15) is 18.0 Å². The van der Waals surface area contributed by atoms with Gasteiger partial charge in [-0.25, -0.2) is 4.98 Å². The molecule has 3 aromatic heterocycles. The van der Waals surface area contributed by atoms with E-state index >= 15 is 0 Å². The number of ether oxygens (including phenoxy) is 1. The molecule has 1 saturated carbocycles. The lowest BCUT2D eigenvalue weighted by Gasteiger charge is -2.20. The van der Waals surface area contributed by atoms with Gasteiger partial charge in [-0.15, -0.1) is 0 Å². The summed E-state index contributed by atoms with van der Waals surface area (Å²) in [7, 11) is 1.56. The van der Waals surface area contributed by atoms with Crippen LogP contribution in [0.1, 0.15) is 42.8 Å². The molecule has 36 heavy (non-hydrogen) atoms. The van der Waals surface area contributed by atoms with Crippen molar-refractivity contribution < 1.29 is 17.9 Å². The maximum Gasteiger partial charge on any atom is 0.435 e. The Balaban J connectivity index is 1.74. The zero-order chi connectivity index (χ0) is 25.6. The van der Waals surface area contributed by atoms with E-state index in [1.165, 1.54) is 27.8 Å². The van der Waals surface area contributed by atoms with Gasteiger partial charge in [0.05, 0.1) is 36.1 Å². The number of halogens is 3. The highest BCUT2D eigenvalue weighted by atomic mass is 19.4. The van der Waals surface area contributed by atoms with Gasteiger partial charge in [0.2, 0.25) is 0 Å². The molecule has 5 rings (SSSR count). The molecule has 1 aliphatic rings. The molecule has 0 spiro atoms. The standard InChI is InChI=1S/C26H24F3N5O2/c1-4-15-10-18(20-13-33(5-2)32-24(20)26(27,28)29)22-19(11-15)25(35)34(14-31-22)23(16-6-7-16)21-12-17(36-3)8-9-30-21/h4,8-14,16,23H,1,5-7H2,2-3H3/t23-/m0/s1. The number of aromatic nitrogens is 5. The predicted molar refractivity (Wildman–Crippen MR) is 130 cm³/mol. The number of hydrogen-bond acceptors (Lipinski definition) is 5. The van der Waals surface area contributed by atoms with E-state index in [1.54, 1.807) is 44.5 Å². The Labute approximate surface area is 204 Å². The first-order chi connectivity index (χ1) is 17.2. The highest BCUT2D eigenvalue weighted by Gasteiger charge is 2.39. The van der Waals surface area contributed by atoms with Gasteiger partial charge in [-0.3, -0.25) is 19.0 Å². The van der Waals surface area contributed by atoms with E-state index in [1.807, 2.05) is 0 Å². The van der Waals surface area contributed by atoms with Gasteiger partial charge >= 0.3 is 6.18 Å². The quantitative estimate of drug-likeness (QED) is 0.346. The van der Waals surface area contributed by atoms with Gasteiger partial charge < -0.3 is 4.74 Å². The Hall–Kier alpha value is -3.95.